The van der Waals surface area contributed by atoms with Crippen LogP contribution in [0.4, 0.5) is 0 Å². The molecule has 0 aliphatic rings. The van der Waals surface area contributed by atoms with Gasteiger partial charge in [-0.2, -0.15) is 5.10 Å². The predicted molar refractivity (Wildman–Crippen MR) is 78.1 cm³/mol. The maximum atomic E-state index is 12.0. The first-order chi connectivity index (χ1) is 9.16. The summed E-state index contributed by atoms with van der Waals surface area (Å²) in [7, 11) is -1.79. The smallest absolute Gasteiger partial charge is 0.154 e. The van der Waals surface area contributed by atoms with Gasteiger partial charge in [-0.05, 0) is 13.8 Å². The number of halogens is 1. The average molecular weight is 325 g/mol. The molecule has 0 aliphatic carbocycles. The molecular weight excluding hydrogens is 304 g/mol. The van der Waals surface area contributed by atoms with Gasteiger partial charge in [-0.15, -0.1) is 0 Å². The zero-order valence-corrected chi connectivity index (χ0v) is 13.6. The van der Waals surface area contributed by atoms with E-state index in [0.717, 1.165) is 0 Å². The fraction of sp³-hybridized carbons (Fsp3) is 0.727. The van der Waals surface area contributed by atoms with Crippen molar-refractivity contribution < 1.29 is 13.2 Å². The number of hydrogen-bond donors (Lipinski definition) is 2. The first kappa shape index (κ1) is 17.4. The highest BCUT2D eigenvalue weighted by Crippen LogP contribution is 2.35. The Labute approximate surface area is 124 Å². The molecule has 3 N–H and O–H groups in total. The summed E-state index contributed by atoms with van der Waals surface area (Å²) in [5, 5.41) is 4.49. The van der Waals surface area contributed by atoms with Crippen molar-refractivity contribution in [1.82, 2.24) is 15.2 Å². The first-order valence-electron chi connectivity index (χ1n) is 6.02. The van der Waals surface area contributed by atoms with E-state index in [1.165, 1.54) is 12.5 Å². The third kappa shape index (κ3) is 3.32. The van der Waals surface area contributed by atoms with Gasteiger partial charge in [0.15, 0.2) is 9.84 Å². The highest BCUT2D eigenvalue weighted by atomic mass is 35.5. The Morgan fingerprint density at radius 2 is 2.20 bits per heavy atom. The molecule has 116 valence electrons. The van der Waals surface area contributed by atoms with Crippen molar-refractivity contribution >= 4 is 21.4 Å². The number of nitrogens with zero attached hydrogens (tertiary/aromatic N) is 2. The molecule has 0 aromatic carbocycles. The van der Waals surface area contributed by atoms with Crippen molar-refractivity contribution in [3.8, 4) is 0 Å². The number of hydrazine groups is 1. The minimum absolute atomic E-state index is 0.362. The molecule has 0 radical (unpaired) electrons. The summed E-state index contributed by atoms with van der Waals surface area (Å²) in [6, 6.07) is -0.690. The van der Waals surface area contributed by atoms with Crippen LogP contribution in [-0.2, 0) is 21.1 Å². The zero-order valence-electron chi connectivity index (χ0n) is 12.1. The molecule has 1 heterocycles. The molecule has 1 atom stereocenters. The number of rotatable bonds is 7. The minimum Gasteiger partial charge on any atom is -0.383 e. The van der Waals surface area contributed by atoms with Crippen LogP contribution >= 0.6 is 11.6 Å². The van der Waals surface area contributed by atoms with E-state index < -0.39 is 20.6 Å². The van der Waals surface area contributed by atoms with E-state index >= 15 is 0 Å². The summed E-state index contributed by atoms with van der Waals surface area (Å²) >= 11 is 6.14. The van der Waals surface area contributed by atoms with E-state index in [1.54, 1.807) is 25.6 Å². The topological polar surface area (TPSA) is 99.2 Å². The largest absolute Gasteiger partial charge is 0.383 e. The van der Waals surface area contributed by atoms with Crippen LogP contribution in [0.3, 0.4) is 0 Å². The lowest BCUT2D eigenvalue weighted by Gasteiger charge is -2.32. The maximum Gasteiger partial charge on any atom is 0.154 e. The molecule has 0 amide bonds. The standard InChI is InChI=1S/C11H21ClN4O3S/c1-11(2,20(4,17)18)10(15-13)9-8(12)7-14-16(9)5-6-19-3/h7,10,15H,5-6,13H2,1-4H3. The summed E-state index contributed by atoms with van der Waals surface area (Å²) in [6.45, 7) is 4.08. The molecule has 0 fully saturated rings. The summed E-state index contributed by atoms with van der Waals surface area (Å²) in [5.74, 6) is 5.57. The first-order valence-corrected chi connectivity index (χ1v) is 8.29. The molecule has 7 nitrogen and oxygen atoms in total. The molecule has 0 spiro atoms. The minimum atomic E-state index is -3.37. The number of nitrogens with one attached hydrogen (secondary N) is 1. The van der Waals surface area contributed by atoms with Gasteiger partial charge in [0.1, 0.15) is 0 Å². The van der Waals surface area contributed by atoms with Crippen molar-refractivity contribution in [3.05, 3.63) is 16.9 Å². The fourth-order valence-corrected chi connectivity index (χ4v) is 2.70. The van der Waals surface area contributed by atoms with E-state index in [4.69, 9.17) is 22.2 Å². The fourth-order valence-electron chi connectivity index (χ4n) is 1.84. The van der Waals surface area contributed by atoms with Crippen LogP contribution in [0.2, 0.25) is 5.02 Å². The van der Waals surface area contributed by atoms with Gasteiger partial charge in [-0.3, -0.25) is 10.5 Å². The van der Waals surface area contributed by atoms with E-state index in [9.17, 15) is 8.42 Å². The van der Waals surface area contributed by atoms with Crippen molar-refractivity contribution in [2.45, 2.75) is 31.2 Å². The Balaban J connectivity index is 3.29. The highest BCUT2D eigenvalue weighted by Gasteiger charge is 2.42. The molecular formula is C11H21ClN4O3S. The maximum absolute atomic E-state index is 12.0. The quantitative estimate of drug-likeness (QED) is 0.560. The average Bonchev–Trinajstić information content (AvgIpc) is 2.68. The lowest BCUT2D eigenvalue weighted by atomic mass is 10.0. The Morgan fingerprint density at radius 3 is 2.65 bits per heavy atom. The van der Waals surface area contributed by atoms with E-state index in [1.807, 2.05) is 0 Å². The van der Waals surface area contributed by atoms with E-state index in [0.29, 0.717) is 23.9 Å². The van der Waals surface area contributed by atoms with Crippen LogP contribution in [0.15, 0.2) is 6.20 Å². The number of aromatic nitrogens is 2. The molecule has 0 saturated carbocycles. The van der Waals surface area contributed by atoms with Gasteiger partial charge in [0.25, 0.3) is 0 Å². The normalized spacial score (nSPS) is 14.5. The molecule has 20 heavy (non-hydrogen) atoms. The third-order valence-corrected chi connectivity index (χ3v) is 5.87. The van der Waals surface area contributed by atoms with Gasteiger partial charge in [-0.25, -0.2) is 13.8 Å². The van der Waals surface area contributed by atoms with Crippen LogP contribution in [0.25, 0.3) is 0 Å². The van der Waals surface area contributed by atoms with Gasteiger partial charge >= 0.3 is 0 Å². The van der Waals surface area contributed by atoms with E-state index in [-0.39, 0.29) is 0 Å². The zero-order chi connectivity index (χ0) is 15.6. The number of sulfone groups is 1. The van der Waals surface area contributed by atoms with Crippen LogP contribution < -0.4 is 11.3 Å². The summed E-state index contributed by atoms with van der Waals surface area (Å²) in [5.41, 5.74) is 3.07. The van der Waals surface area contributed by atoms with Crippen LogP contribution in [0.1, 0.15) is 25.6 Å². The number of ether oxygens (including phenoxy) is 1. The van der Waals surface area contributed by atoms with Crippen LogP contribution in [-0.4, -0.2) is 42.9 Å². The SMILES string of the molecule is COCCn1ncc(Cl)c1C(NN)C(C)(C)S(C)(=O)=O. The molecule has 0 aliphatic heterocycles. The summed E-state index contributed by atoms with van der Waals surface area (Å²) in [6.07, 6.45) is 2.64. The lowest BCUT2D eigenvalue weighted by Crippen LogP contribution is -2.48. The third-order valence-electron chi connectivity index (χ3n) is 3.43. The van der Waals surface area contributed by atoms with Crippen molar-refractivity contribution in [2.75, 3.05) is 20.0 Å². The molecule has 0 bridgehead atoms. The van der Waals surface area contributed by atoms with Crippen molar-refractivity contribution in [1.29, 1.82) is 0 Å². The van der Waals surface area contributed by atoms with Gasteiger partial charge in [-0.1, -0.05) is 11.6 Å². The second-order valence-electron chi connectivity index (χ2n) is 5.07. The Morgan fingerprint density at radius 1 is 1.60 bits per heavy atom. The van der Waals surface area contributed by atoms with Crippen LogP contribution in [0.5, 0.6) is 0 Å². The van der Waals surface area contributed by atoms with Gasteiger partial charge in [0.2, 0.25) is 0 Å². The molecule has 1 unspecified atom stereocenters. The lowest BCUT2D eigenvalue weighted by molar-refractivity contribution is 0.181. The molecule has 0 saturated heterocycles. The Hall–Kier alpha value is -0.670. The Kier molecular flexibility index (Phi) is 5.56. The number of hydrogen-bond acceptors (Lipinski definition) is 6. The summed E-state index contributed by atoms with van der Waals surface area (Å²) in [4.78, 5) is 0. The summed E-state index contributed by atoms with van der Waals surface area (Å²) < 4.78 is 29.4. The van der Waals surface area contributed by atoms with Gasteiger partial charge < -0.3 is 4.74 Å². The van der Waals surface area contributed by atoms with Gasteiger partial charge in [0.05, 0.1) is 40.9 Å². The van der Waals surface area contributed by atoms with Crippen molar-refractivity contribution in [2.24, 2.45) is 5.84 Å². The molecule has 1 aromatic rings. The monoisotopic (exact) mass is 324 g/mol. The van der Waals surface area contributed by atoms with E-state index in [2.05, 4.69) is 10.5 Å². The highest BCUT2D eigenvalue weighted by molar-refractivity contribution is 7.92. The van der Waals surface area contributed by atoms with Crippen LogP contribution in [0, 0.1) is 0 Å². The second-order valence-corrected chi connectivity index (χ2v) is 8.07. The molecule has 1 rings (SSSR count). The molecule has 1 aromatic heterocycles. The van der Waals surface area contributed by atoms with Gasteiger partial charge in [0, 0.05) is 13.4 Å². The number of methoxy groups -OCH3 is 1. The molecule has 9 heteroatoms. The predicted octanol–water partition coefficient (Wildman–Crippen LogP) is 0.510. The second kappa shape index (κ2) is 6.40. The number of nitrogens with two attached hydrogens (primary N) is 1. The van der Waals surface area contributed by atoms with Crippen molar-refractivity contribution in [3.63, 3.8) is 0 Å². The Bertz CT molecular complexity index is 556.